The van der Waals surface area contributed by atoms with E-state index in [0.29, 0.717) is 6.07 Å². The number of rotatable bonds is 6. The molecular weight excluding hydrogens is 296 g/mol. The van der Waals surface area contributed by atoms with Gasteiger partial charge >= 0.3 is 0 Å². The standard InChI is InChI=1S/C14H17F2N3O3/c1-7(2)12(13(17)21)19-11(20)6-18-14(22)8-3-9(15)5-10(16)4-8/h3-5,7,12H,6H2,1-2H3,(H2,17,21)(H,18,22)(H,19,20). The molecule has 0 radical (unpaired) electrons. The monoisotopic (exact) mass is 313 g/mol. The second-order valence-electron chi connectivity index (χ2n) is 5.03. The van der Waals surface area contributed by atoms with E-state index in [1.54, 1.807) is 13.8 Å². The predicted molar refractivity (Wildman–Crippen MR) is 74.7 cm³/mol. The summed E-state index contributed by atoms with van der Waals surface area (Å²) in [4.78, 5) is 34.5. The van der Waals surface area contributed by atoms with Crippen molar-refractivity contribution in [2.75, 3.05) is 6.54 Å². The van der Waals surface area contributed by atoms with Crippen molar-refractivity contribution in [3.05, 3.63) is 35.4 Å². The number of primary amides is 1. The van der Waals surface area contributed by atoms with Crippen LogP contribution in [0.15, 0.2) is 18.2 Å². The minimum Gasteiger partial charge on any atom is -0.368 e. The Morgan fingerprint density at radius 1 is 1.14 bits per heavy atom. The molecule has 0 saturated heterocycles. The molecular formula is C14H17F2N3O3. The van der Waals surface area contributed by atoms with Crippen LogP contribution in [0.5, 0.6) is 0 Å². The Kier molecular flexibility index (Phi) is 5.97. The van der Waals surface area contributed by atoms with E-state index in [1.807, 2.05) is 0 Å². The number of nitrogens with two attached hydrogens (primary N) is 1. The molecule has 0 heterocycles. The molecule has 0 saturated carbocycles. The first kappa shape index (κ1) is 17.5. The zero-order valence-corrected chi connectivity index (χ0v) is 12.2. The van der Waals surface area contributed by atoms with Gasteiger partial charge in [0.1, 0.15) is 17.7 Å². The van der Waals surface area contributed by atoms with E-state index in [-0.39, 0.29) is 11.5 Å². The summed E-state index contributed by atoms with van der Waals surface area (Å²) in [5, 5.41) is 4.57. The Morgan fingerprint density at radius 3 is 2.14 bits per heavy atom. The maximum Gasteiger partial charge on any atom is 0.251 e. The summed E-state index contributed by atoms with van der Waals surface area (Å²) in [5.74, 6) is -4.15. The summed E-state index contributed by atoms with van der Waals surface area (Å²) in [6, 6.07) is 1.45. The minimum absolute atomic E-state index is 0.213. The van der Waals surface area contributed by atoms with E-state index in [2.05, 4.69) is 10.6 Å². The van der Waals surface area contributed by atoms with Gasteiger partial charge in [0, 0.05) is 11.6 Å². The lowest BCUT2D eigenvalue weighted by molar-refractivity contribution is -0.127. The van der Waals surface area contributed by atoms with Crippen LogP contribution in [0.2, 0.25) is 0 Å². The summed E-state index contributed by atoms with van der Waals surface area (Å²) in [6.07, 6.45) is 0. The van der Waals surface area contributed by atoms with Gasteiger partial charge in [0.15, 0.2) is 0 Å². The van der Waals surface area contributed by atoms with Gasteiger partial charge < -0.3 is 16.4 Å². The number of hydrogen-bond donors (Lipinski definition) is 3. The molecule has 6 nitrogen and oxygen atoms in total. The highest BCUT2D eigenvalue weighted by Crippen LogP contribution is 2.07. The minimum atomic E-state index is -0.900. The van der Waals surface area contributed by atoms with Crippen molar-refractivity contribution in [3.63, 3.8) is 0 Å². The average Bonchev–Trinajstić information content (AvgIpc) is 2.40. The SMILES string of the molecule is CC(C)C(NC(=O)CNC(=O)c1cc(F)cc(F)c1)C(N)=O. The summed E-state index contributed by atoms with van der Waals surface area (Å²) in [6.45, 7) is 2.95. The fourth-order valence-electron chi connectivity index (χ4n) is 1.74. The molecule has 1 aromatic carbocycles. The number of hydrogen-bond acceptors (Lipinski definition) is 3. The maximum absolute atomic E-state index is 13.0. The van der Waals surface area contributed by atoms with E-state index >= 15 is 0 Å². The highest BCUT2D eigenvalue weighted by Gasteiger charge is 2.21. The molecule has 1 rings (SSSR count). The quantitative estimate of drug-likeness (QED) is 0.705. The third-order valence-electron chi connectivity index (χ3n) is 2.82. The second kappa shape index (κ2) is 7.48. The van der Waals surface area contributed by atoms with Crippen LogP contribution in [0, 0.1) is 17.6 Å². The Hall–Kier alpha value is -2.51. The first-order chi connectivity index (χ1) is 10.2. The predicted octanol–water partition coefficient (Wildman–Crippen LogP) is 0.321. The molecule has 3 amide bonds. The Morgan fingerprint density at radius 2 is 1.68 bits per heavy atom. The Balaban J connectivity index is 2.60. The van der Waals surface area contributed by atoms with Crippen LogP contribution in [0.25, 0.3) is 0 Å². The van der Waals surface area contributed by atoms with Gasteiger partial charge in [-0.1, -0.05) is 13.8 Å². The van der Waals surface area contributed by atoms with Gasteiger partial charge in [-0.2, -0.15) is 0 Å². The molecule has 0 aromatic heterocycles. The smallest absolute Gasteiger partial charge is 0.251 e. The van der Waals surface area contributed by atoms with Crippen LogP contribution in [-0.2, 0) is 9.59 Å². The number of carbonyl (C=O) groups excluding carboxylic acids is 3. The number of nitrogens with one attached hydrogen (secondary N) is 2. The van der Waals surface area contributed by atoms with Crippen molar-refractivity contribution in [1.82, 2.24) is 10.6 Å². The molecule has 120 valence electrons. The van der Waals surface area contributed by atoms with Gasteiger partial charge in [-0.25, -0.2) is 8.78 Å². The summed E-state index contributed by atoms with van der Waals surface area (Å²) in [5.41, 5.74) is 4.89. The molecule has 0 aliphatic heterocycles. The van der Waals surface area contributed by atoms with Crippen molar-refractivity contribution >= 4 is 17.7 Å². The summed E-state index contributed by atoms with van der Waals surface area (Å²) in [7, 11) is 0. The number of carbonyl (C=O) groups is 3. The first-order valence-electron chi connectivity index (χ1n) is 6.53. The van der Waals surface area contributed by atoms with Crippen molar-refractivity contribution < 1.29 is 23.2 Å². The number of benzene rings is 1. The Bertz CT molecular complexity index is 570. The summed E-state index contributed by atoms with van der Waals surface area (Å²) >= 11 is 0. The number of amides is 3. The van der Waals surface area contributed by atoms with Crippen molar-refractivity contribution in [2.45, 2.75) is 19.9 Å². The fourth-order valence-corrected chi connectivity index (χ4v) is 1.74. The van der Waals surface area contributed by atoms with Crippen LogP contribution in [-0.4, -0.2) is 30.3 Å². The molecule has 0 fully saturated rings. The number of halogens is 2. The van der Waals surface area contributed by atoms with E-state index < -0.39 is 41.9 Å². The van der Waals surface area contributed by atoms with Gasteiger partial charge in [0.25, 0.3) is 5.91 Å². The van der Waals surface area contributed by atoms with Gasteiger partial charge in [-0.05, 0) is 18.1 Å². The molecule has 8 heteroatoms. The molecule has 1 unspecified atom stereocenters. The van der Waals surface area contributed by atoms with E-state index in [9.17, 15) is 23.2 Å². The molecule has 1 atom stereocenters. The largest absolute Gasteiger partial charge is 0.368 e. The zero-order chi connectivity index (χ0) is 16.9. The van der Waals surface area contributed by atoms with E-state index in [4.69, 9.17) is 5.73 Å². The molecule has 1 aromatic rings. The lowest BCUT2D eigenvalue weighted by atomic mass is 10.0. The van der Waals surface area contributed by atoms with Crippen LogP contribution in [0.4, 0.5) is 8.78 Å². The molecule has 22 heavy (non-hydrogen) atoms. The maximum atomic E-state index is 13.0. The van der Waals surface area contributed by atoms with E-state index in [0.717, 1.165) is 12.1 Å². The lowest BCUT2D eigenvalue weighted by Gasteiger charge is -2.19. The highest BCUT2D eigenvalue weighted by molar-refractivity contribution is 5.97. The van der Waals surface area contributed by atoms with E-state index in [1.165, 1.54) is 0 Å². The zero-order valence-electron chi connectivity index (χ0n) is 12.2. The van der Waals surface area contributed by atoms with Gasteiger partial charge in [-0.15, -0.1) is 0 Å². The van der Waals surface area contributed by atoms with Crippen LogP contribution in [0.1, 0.15) is 24.2 Å². The second-order valence-corrected chi connectivity index (χ2v) is 5.03. The van der Waals surface area contributed by atoms with Crippen molar-refractivity contribution in [1.29, 1.82) is 0 Å². The molecule has 0 bridgehead atoms. The topological polar surface area (TPSA) is 101 Å². The van der Waals surface area contributed by atoms with Crippen LogP contribution in [0.3, 0.4) is 0 Å². The molecule has 4 N–H and O–H groups in total. The highest BCUT2D eigenvalue weighted by atomic mass is 19.1. The fraction of sp³-hybridized carbons (Fsp3) is 0.357. The molecule has 0 aliphatic rings. The van der Waals surface area contributed by atoms with Crippen LogP contribution >= 0.6 is 0 Å². The average molecular weight is 313 g/mol. The molecule has 0 spiro atoms. The Labute approximate surface area is 126 Å². The van der Waals surface area contributed by atoms with Gasteiger partial charge in [0.05, 0.1) is 6.54 Å². The molecule has 0 aliphatic carbocycles. The third-order valence-corrected chi connectivity index (χ3v) is 2.82. The lowest BCUT2D eigenvalue weighted by Crippen LogP contribution is -2.50. The summed E-state index contributed by atoms with van der Waals surface area (Å²) < 4.78 is 26.0. The van der Waals surface area contributed by atoms with Crippen molar-refractivity contribution in [3.8, 4) is 0 Å². The first-order valence-corrected chi connectivity index (χ1v) is 6.53. The van der Waals surface area contributed by atoms with Gasteiger partial charge in [0.2, 0.25) is 11.8 Å². The van der Waals surface area contributed by atoms with Gasteiger partial charge in [-0.3, -0.25) is 14.4 Å². The third kappa shape index (κ3) is 5.12. The normalized spacial score (nSPS) is 11.9. The van der Waals surface area contributed by atoms with Crippen molar-refractivity contribution in [2.24, 2.45) is 11.7 Å². The van der Waals surface area contributed by atoms with Crippen LogP contribution < -0.4 is 16.4 Å².